The first-order chi connectivity index (χ1) is 9.58. The monoisotopic (exact) mass is 290 g/mol. The van der Waals surface area contributed by atoms with Crippen molar-refractivity contribution in [3.8, 4) is 11.3 Å². The molecule has 2 rings (SSSR count). The van der Waals surface area contributed by atoms with Gasteiger partial charge in [-0.15, -0.1) is 11.3 Å². The number of hydrogen-bond acceptors (Lipinski definition) is 4. The molecule has 0 aliphatic carbocycles. The molecule has 2 N–H and O–H groups in total. The van der Waals surface area contributed by atoms with E-state index in [-0.39, 0.29) is 5.92 Å². The number of carbonyl (C=O) groups is 1. The maximum absolute atomic E-state index is 11.1. The second-order valence-electron chi connectivity index (χ2n) is 4.93. The van der Waals surface area contributed by atoms with E-state index < -0.39 is 12.0 Å². The normalized spacial score (nSPS) is 12.6. The standard InChI is InChI=1S/C15H18N2O2S/c1-10(2)14(15(18)19)16-8-13-17-12(9-20-13)11-6-4-3-5-7-11/h3-7,9-10,14,16H,8H2,1-2H3,(H,18,19)/t14-/m0/s1. The Morgan fingerprint density at radius 3 is 2.65 bits per heavy atom. The molecule has 1 aromatic carbocycles. The second kappa shape index (κ2) is 6.63. The molecule has 0 saturated carbocycles. The molecule has 4 nitrogen and oxygen atoms in total. The van der Waals surface area contributed by atoms with Gasteiger partial charge in [-0.3, -0.25) is 10.1 Å². The van der Waals surface area contributed by atoms with Gasteiger partial charge in [-0.2, -0.15) is 0 Å². The average Bonchev–Trinajstić information content (AvgIpc) is 2.88. The number of nitrogens with one attached hydrogen (secondary N) is 1. The van der Waals surface area contributed by atoms with Crippen LogP contribution in [0.2, 0.25) is 0 Å². The van der Waals surface area contributed by atoms with Crippen molar-refractivity contribution in [2.24, 2.45) is 5.92 Å². The summed E-state index contributed by atoms with van der Waals surface area (Å²) in [6.45, 7) is 4.26. The summed E-state index contributed by atoms with van der Waals surface area (Å²) in [5.41, 5.74) is 2.01. The van der Waals surface area contributed by atoms with Crippen LogP contribution in [0.3, 0.4) is 0 Å². The smallest absolute Gasteiger partial charge is 0.320 e. The van der Waals surface area contributed by atoms with E-state index in [1.165, 1.54) is 0 Å². The lowest BCUT2D eigenvalue weighted by Gasteiger charge is -2.16. The Balaban J connectivity index is 2.02. The van der Waals surface area contributed by atoms with Crippen LogP contribution in [-0.2, 0) is 11.3 Å². The quantitative estimate of drug-likeness (QED) is 0.858. The second-order valence-corrected chi connectivity index (χ2v) is 5.88. The number of aliphatic carboxylic acids is 1. The van der Waals surface area contributed by atoms with Gasteiger partial charge >= 0.3 is 5.97 Å². The highest BCUT2D eigenvalue weighted by atomic mass is 32.1. The minimum Gasteiger partial charge on any atom is -0.480 e. The Morgan fingerprint density at radius 2 is 2.05 bits per heavy atom. The van der Waals surface area contributed by atoms with E-state index in [0.29, 0.717) is 6.54 Å². The molecular formula is C15H18N2O2S. The van der Waals surface area contributed by atoms with Crippen molar-refractivity contribution < 1.29 is 9.90 Å². The first-order valence-electron chi connectivity index (χ1n) is 6.54. The zero-order valence-corrected chi connectivity index (χ0v) is 12.4. The highest BCUT2D eigenvalue weighted by Crippen LogP contribution is 2.21. The predicted molar refractivity (Wildman–Crippen MR) is 80.7 cm³/mol. The van der Waals surface area contributed by atoms with Crippen LogP contribution >= 0.6 is 11.3 Å². The molecule has 0 bridgehead atoms. The van der Waals surface area contributed by atoms with Crippen LogP contribution in [0.4, 0.5) is 0 Å². The summed E-state index contributed by atoms with van der Waals surface area (Å²) in [5.74, 6) is -0.777. The number of benzene rings is 1. The van der Waals surface area contributed by atoms with Crippen LogP contribution in [0, 0.1) is 5.92 Å². The van der Waals surface area contributed by atoms with Crippen molar-refractivity contribution in [2.75, 3.05) is 0 Å². The molecule has 0 radical (unpaired) electrons. The summed E-state index contributed by atoms with van der Waals surface area (Å²) in [6, 6.07) is 9.41. The Kier molecular flexibility index (Phi) is 4.87. The SMILES string of the molecule is CC(C)[C@H](NCc1nc(-c2ccccc2)cs1)C(=O)O. The molecule has 2 aromatic rings. The third-order valence-electron chi connectivity index (χ3n) is 3.03. The van der Waals surface area contributed by atoms with Crippen LogP contribution in [0.1, 0.15) is 18.9 Å². The van der Waals surface area contributed by atoms with Crippen LogP contribution in [0.25, 0.3) is 11.3 Å². The van der Waals surface area contributed by atoms with Crippen molar-refractivity contribution in [1.82, 2.24) is 10.3 Å². The zero-order valence-electron chi connectivity index (χ0n) is 11.5. The van der Waals surface area contributed by atoms with Crippen molar-refractivity contribution >= 4 is 17.3 Å². The van der Waals surface area contributed by atoms with E-state index in [1.54, 1.807) is 11.3 Å². The maximum atomic E-state index is 11.1. The van der Waals surface area contributed by atoms with E-state index in [1.807, 2.05) is 49.6 Å². The zero-order chi connectivity index (χ0) is 14.5. The fourth-order valence-electron chi connectivity index (χ4n) is 1.94. The number of nitrogens with zero attached hydrogens (tertiary/aromatic N) is 1. The number of carboxylic acid groups (broad SMARTS) is 1. The van der Waals surface area contributed by atoms with Gasteiger partial charge in [0.1, 0.15) is 11.0 Å². The molecule has 0 aliphatic heterocycles. The third-order valence-corrected chi connectivity index (χ3v) is 3.88. The maximum Gasteiger partial charge on any atom is 0.320 e. The molecule has 1 atom stereocenters. The number of thiazole rings is 1. The van der Waals surface area contributed by atoms with Crippen molar-refractivity contribution in [3.05, 3.63) is 40.7 Å². The Hall–Kier alpha value is -1.72. The summed E-state index contributed by atoms with van der Waals surface area (Å²) in [6.07, 6.45) is 0. The summed E-state index contributed by atoms with van der Waals surface area (Å²) in [7, 11) is 0. The molecule has 0 spiro atoms. The first-order valence-corrected chi connectivity index (χ1v) is 7.42. The van der Waals surface area contributed by atoms with Gasteiger partial charge in [0.2, 0.25) is 0 Å². The molecule has 5 heteroatoms. The van der Waals surface area contributed by atoms with E-state index in [9.17, 15) is 4.79 Å². The van der Waals surface area contributed by atoms with Gasteiger partial charge < -0.3 is 5.11 Å². The molecule has 20 heavy (non-hydrogen) atoms. The molecule has 0 aliphatic rings. The number of rotatable bonds is 6. The minimum absolute atomic E-state index is 0.0426. The summed E-state index contributed by atoms with van der Waals surface area (Å²) >= 11 is 1.54. The van der Waals surface area contributed by atoms with Crippen LogP contribution in [0.15, 0.2) is 35.7 Å². The van der Waals surface area contributed by atoms with Crippen LogP contribution in [-0.4, -0.2) is 22.1 Å². The summed E-state index contributed by atoms with van der Waals surface area (Å²) < 4.78 is 0. The summed E-state index contributed by atoms with van der Waals surface area (Å²) in [5, 5.41) is 15.1. The van der Waals surface area contributed by atoms with Gasteiger partial charge in [-0.25, -0.2) is 4.98 Å². The lowest BCUT2D eigenvalue weighted by atomic mass is 10.1. The molecular weight excluding hydrogens is 272 g/mol. The Labute approximate surface area is 122 Å². The molecule has 1 heterocycles. The third kappa shape index (κ3) is 3.65. The van der Waals surface area contributed by atoms with Crippen LogP contribution < -0.4 is 5.32 Å². The molecule has 0 unspecified atom stereocenters. The van der Waals surface area contributed by atoms with Crippen molar-refractivity contribution in [1.29, 1.82) is 0 Å². The fourth-order valence-corrected chi connectivity index (χ4v) is 2.69. The van der Waals surface area contributed by atoms with E-state index in [4.69, 9.17) is 5.11 Å². The largest absolute Gasteiger partial charge is 0.480 e. The van der Waals surface area contributed by atoms with Gasteiger partial charge in [0.25, 0.3) is 0 Å². The topological polar surface area (TPSA) is 62.2 Å². The van der Waals surface area contributed by atoms with Gasteiger partial charge in [0.05, 0.1) is 5.69 Å². The molecule has 0 saturated heterocycles. The number of carboxylic acids is 1. The first kappa shape index (κ1) is 14.7. The fraction of sp³-hybridized carbons (Fsp3) is 0.333. The Morgan fingerprint density at radius 1 is 1.35 bits per heavy atom. The highest BCUT2D eigenvalue weighted by molar-refractivity contribution is 7.09. The molecule has 1 aromatic heterocycles. The van der Waals surface area contributed by atoms with Gasteiger partial charge in [-0.1, -0.05) is 44.2 Å². The van der Waals surface area contributed by atoms with E-state index >= 15 is 0 Å². The number of hydrogen-bond donors (Lipinski definition) is 2. The van der Waals surface area contributed by atoms with Gasteiger partial charge in [0.15, 0.2) is 0 Å². The van der Waals surface area contributed by atoms with Crippen molar-refractivity contribution in [3.63, 3.8) is 0 Å². The lowest BCUT2D eigenvalue weighted by Crippen LogP contribution is -2.40. The van der Waals surface area contributed by atoms with Crippen molar-refractivity contribution in [2.45, 2.75) is 26.4 Å². The highest BCUT2D eigenvalue weighted by Gasteiger charge is 2.20. The van der Waals surface area contributed by atoms with Crippen LogP contribution in [0.5, 0.6) is 0 Å². The lowest BCUT2D eigenvalue weighted by molar-refractivity contribution is -0.140. The van der Waals surface area contributed by atoms with Gasteiger partial charge in [0, 0.05) is 17.5 Å². The number of aromatic nitrogens is 1. The van der Waals surface area contributed by atoms with E-state index in [2.05, 4.69) is 10.3 Å². The summed E-state index contributed by atoms with van der Waals surface area (Å²) in [4.78, 5) is 15.6. The van der Waals surface area contributed by atoms with Gasteiger partial charge in [-0.05, 0) is 5.92 Å². The Bertz CT molecular complexity index is 566. The average molecular weight is 290 g/mol. The molecule has 0 amide bonds. The van der Waals surface area contributed by atoms with E-state index in [0.717, 1.165) is 16.3 Å². The molecule has 0 fully saturated rings. The molecule has 106 valence electrons. The minimum atomic E-state index is -0.820. The predicted octanol–water partition coefficient (Wildman–Crippen LogP) is 3.01.